The van der Waals surface area contributed by atoms with Crippen LogP contribution in [0.15, 0.2) is 41.6 Å². The number of benzene rings is 1. The van der Waals surface area contributed by atoms with Crippen molar-refractivity contribution in [1.82, 2.24) is 14.3 Å². The Hall–Kier alpha value is -2.39. The Labute approximate surface area is 159 Å². The van der Waals surface area contributed by atoms with E-state index in [9.17, 15) is 8.42 Å². The van der Waals surface area contributed by atoms with Crippen LogP contribution < -0.4 is 14.2 Å². The molecule has 0 radical (unpaired) electrons. The Morgan fingerprint density at radius 1 is 1.22 bits per heavy atom. The molecule has 27 heavy (non-hydrogen) atoms. The molecule has 146 valence electrons. The summed E-state index contributed by atoms with van der Waals surface area (Å²) < 4.78 is 44.1. The van der Waals surface area contributed by atoms with Gasteiger partial charge in [0, 0.05) is 6.54 Å². The summed E-state index contributed by atoms with van der Waals surface area (Å²) in [6.45, 7) is 2.89. The molecule has 2 heterocycles. The number of sulfonamides is 1. The zero-order valence-corrected chi connectivity index (χ0v) is 16.2. The second-order valence-corrected chi connectivity index (χ2v) is 7.93. The molecule has 1 aromatic heterocycles. The molecule has 1 aliphatic rings. The smallest absolute Gasteiger partial charge is 0.246 e. The van der Waals surface area contributed by atoms with Crippen LogP contribution in [-0.2, 0) is 10.0 Å². The first-order valence-corrected chi connectivity index (χ1v) is 10.2. The molecule has 3 rings (SSSR count). The predicted octanol–water partition coefficient (Wildman–Crippen LogP) is 2.12. The van der Waals surface area contributed by atoms with Crippen molar-refractivity contribution in [3.05, 3.63) is 36.7 Å². The molecule has 0 bridgehead atoms. The van der Waals surface area contributed by atoms with Crippen molar-refractivity contribution in [2.45, 2.75) is 30.8 Å². The number of piperidine rings is 1. The lowest BCUT2D eigenvalue weighted by atomic mass is 10.1. The average molecular weight is 393 g/mol. The van der Waals surface area contributed by atoms with Gasteiger partial charge in [-0.15, -0.1) is 0 Å². The van der Waals surface area contributed by atoms with Crippen molar-refractivity contribution in [2.75, 3.05) is 26.8 Å². The van der Waals surface area contributed by atoms with Crippen LogP contribution >= 0.6 is 0 Å². The summed E-state index contributed by atoms with van der Waals surface area (Å²) in [6.07, 6.45) is 4.08. The zero-order chi connectivity index (χ0) is 19.3. The topological polar surface area (TPSA) is 90.9 Å². The first kappa shape index (κ1) is 19.4. The minimum Gasteiger partial charge on any atom is -0.492 e. The van der Waals surface area contributed by atoms with E-state index < -0.39 is 10.0 Å². The highest BCUT2D eigenvalue weighted by Gasteiger charge is 2.33. The standard InChI is InChI=1S/C18H23N3O5S/c1-3-25-15-8-4-5-9-16(15)27(22,23)21-10-6-7-14(13-21)26-18-12-19-11-17(20-18)24-2/h4-5,8-9,11-12,14H,3,6-7,10,13H2,1-2H3. The van der Waals surface area contributed by atoms with Crippen molar-refractivity contribution in [3.8, 4) is 17.5 Å². The van der Waals surface area contributed by atoms with Gasteiger partial charge in [0.15, 0.2) is 0 Å². The van der Waals surface area contributed by atoms with Crippen LogP contribution in [0.5, 0.6) is 17.5 Å². The van der Waals surface area contributed by atoms with Gasteiger partial charge in [-0.25, -0.2) is 8.42 Å². The zero-order valence-electron chi connectivity index (χ0n) is 15.4. The number of hydrogen-bond donors (Lipinski definition) is 0. The Morgan fingerprint density at radius 2 is 2.00 bits per heavy atom. The second kappa shape index (κ2) is 8.53. The number of rotatable bonds is 7. The molecule has 1 saturated heterocycles. The minimum absolute atomic E-state index is 0.175. The molecular formula is C18H23N3O5S. The van der Waals surface area contributed by atoms with Crippen LogP contribution in [0.2, 0.25) is 0 Å². The van der Waals surface area contributed by atoms with Gasteiger partial charge in [0.05, 0.1) is 32.7 Å². The molecule has 0 amide bonds. The second-order valence-electron chi connectivity index (χ2n) is 6.02. The van der Waals surface area contributed by atoms with Gasteiger partial charge >= 0.3 is 0 Å². The van der Waals surface area contributed by atoms with Gasteiger partial charge in [-0.05, 0) is 31.9 Å². The molecule has 1 unspecified atom stereocenters. The fourth-order valence-electron chi connectivity index (χ4n) is 2.95. The van der Waals surface area contributed by atoms with Crippen LogP contribution in [-0.4, -0.2) is 55.6 Å². The first-order valence-electron chi connectivity index (χ1n) is 8.79. The van der Waals surface area contributed by atoms with Crippen LogP contribution in [0.25, 0.3) is 0 Å². The van der Waals surface area contributed by atoms with E-state index in [2.05, 4.69) is 9.97 Å². The molecule has 1 atom stereocenters. The summed E-state index contributed by atoms with van der Waals surface area (Å²) in [4.78, 5) is 8.36. The third-order valence-corrected chi connectivity index (χ3v) is 6.10. The monoisotopic (exact) mass is 393 g/mol. The molecule has 2 aromatic rings. The highest BCUT2D eigenvalue weighted by molar-refractivity contribution is 7.89. The lowest BCUT2D eigenvalue weighted by Gasteiger charge is -2.32. The Morgan fingerprint density at radius 3 is 2.78 bits per heavy atom. The summed E-state index contributed by atoms with van der Waals surface area (Å²) >= 11 is 0. The number of nitrogens with zero attached hydrogens (tertiary/aromatic N) is 3. The summed E-state index contributed by atoms with van der Waals surface area (Å²) in [6, 6.07) is 6.69. The number of ether oxygens (including phenoxy) is 3. The maximum Gasteiger partial charge on any atom is 0.246 e. The number of hydrogen-bond acceptors (Lipinski definition) is 7. The SMILES string of the molecule is CCOc1ccccc1S(=O)(=O)N1CCCC(Oc2cncc(OC)n2)C1. The maximum absolute atomic E-state index is 13.1. The highest BCUT2D eigenvalue weighted by atomic mass is 32.2. The van der Waals surface area contributed by atoms with Crippen molar-refractivity contribution < 1.29 is 22.6 Å². The van der Waals surface area contributed by atoms with E-state index in [-0.39, 0.29) is 17.5 Å². The Kier molecular flexibility index (Phi) is 6.12. The minimum atomic E-state index is -3.69. The molecule has 1 fully saturated rings. The number of para-hydroxylation sites is 1. The van der Waals surface area contributed by atoms with E-state index in [0.29, 0.717) is 37.1 Å². The number of aromatic nitrogens is 2. The molecular weight excluding hydrogens is 370 g/mol. The van der Waals surface area contributed by atoms with Gasteiger partial charge in [-0.2, -0.15) is 9.29 Å². The Bertz CT molecular complexity index is 875. The van der Waals surface area contributed by atoms with Gasteiger partial charge < -0.3 is 14.2 Å². The molecule has 0 spiro atoms. The number of methoxy groups -OCH3 is 1. The summed E-state index contributed by atoms with van der Waals surface area (Å²) in [5.74, 6) is 1.02. The lowest BCUT2D eigenvalue weighted by molar-refractivity contribution is 0.123. The third kappa shape index (κ3) is 4.48. The molecule has 9 heteroatoms. The van der Waals surface area contributed by atoms with Crippen molar-refractivity contribution in [3.63, 3.8) is 0 Å². The lowest BCUT2D eigenvalue weighted by Crippen LogP contribution is -2.44. The van der Waals surface area contributed by atoms with Gasteiger partial charge in [0.1, 0.15) is 16.7 Å². The van der Waals surface area contributed by atoms with Crippen LogP contribution in [0.4, 0.5) is 0 Å². The van der Waals surface area contributed by atoms with Gasteiger partial charge in [0.25, 0.3) is 0 Å². The van der Waals surface area contributed by atoms with E-state index in [1.54, 1.807) is 24.3 Å². The fraction of sp³-hybridized carbons (Fsp3) is 0.444. The normalized spacial score (nSPS) is 18.1. The van der Waals surface area contributed by atoms with E-state index in [0.717, 1.165) is 6.42 Å². The van der Waals surface area contributed by atoms with E-state index >= 15 is 0 Å². The van der Waals surface area contributed by atoms with Gasteiger partial charge in [0.2, 0.25) is 21.8 Å². The average Bonchev–Trinajstić information content (AvgIpc) is 2.69. The first-order chi connectivity index (χ1) is 13.0. The van der Waals surface area contributed by atoms with E-state index in [1.807, 2.05) is 6.92 Å². The maximum atomic E-state index is 13.1. The van der Waals surface area contributed by atoms with E-state index in [4.69, 9.17) is 14.2 Å². The van der Waals surface area contributed by atoms with Crippen molar-refractivity contribution in [2.24, 2.45) is 0 Å². The van der Waals surface area contributed by atoms with E-state index in [1.165, 1.54) is 23.8 Å². The fourth-order valence-corrected chi connectivity index (χ4v) is 4.60. The molecule has 0 saturated carbocycles. The van der Waals surface area contributed by atoms with Gasteiger partial charge in [-0.3, -0.25) is 4.98 Å². The molecule has 1 aromatic carbocycles. The summed E-state index contributed by atoms with van der Waals surface area (Å²) in [7, 11) is -2.19. The van der Waals surface area contributed by atoms with Crippen LogP contribution in [0.1, 0.15) is 19.8 Å². The van der Waals surface area contributed by atoms with Crippen molar-refractivity contribution >= 4 is 10.0 Å². The van der Waals surface area contributed by atoms with Gasteiger partial charge in [-0.1, -0.05) is 12.1 Å². The molecule has 0 N–H and O–H groups in total. The molecule has 1 aliphatic heterocycles. The molecule has 8 nitrogen and oxygen atoms in total. The Balaban J connectivity index is 1.77. The van der Waals surface area contributed by atoms with Crippen molar-refractivity contribution in [1.29, 1.82) is 0 Å². The largest absolute Gasteiger partial charge is 0.492 e. The summed E-state index contributed by atoms with van der Waals surface area (Å²) in [5.41, 5.74) is 0. The predicted molar refractivity (Wildman–Crippen MR) is 98.6 cm³/mol. The van der Waals surface area contributed by atoms with Crippen LogP contribution in [0.3, 0.4) is 0 Å². The summed E-state index contributed by atoms with van der Waals surface area (Å²) in [5, 5.41) is 0. The highest BCUT2D eigenvalue weighted by Crippen LogP contribution is 2.29. The molecule has 0 aliphatic carbocycles. The van der Waals surface area contributed by atoms with Crippen LogP contribution in [0, 0.1) is 0 Å². The quantitative estimate of drug-likeness (QED) is 0.711. The third-order valence-electron chi connectivity index (χ3n) is 4.19.